The maximum absolute atomic E-state index is 13.2. The zero-order valence-corrected chi connectivity index (χ0v) is 17.4. The lowest BCUT2D eigenvalue weighted by Gasteiger charge is -2.16. The average molecular weight is 438 g/mol. The molecule has 4 aromatic rings. The van der Waals surface area contributed by atoms with Crippen LogP contribution in [-0.4, -0.2) is 28.2 Å². The maximum Gasteiger partial charge on any atom is 0.260 e. The molecule has 0 bridgehead atoms. The van der Waals surface area contributed by atoms with Crippen LogP contribution in [0.2, 0.25) is 0 Å². The number of nitrogens with zero attached hydrogens (tertiary/aromatic N) is 2. The standard InChI is InChI=1S/C22H16FN3O2S2/c23-15-7-5-13(6-8-15)16-11-29-21-19(16)20(28)24-22(25-21)30-12-18(27)26-10-9-14-3-1-2-4-17(14)26/h1-8,11H,9-10,12H2,(H,24,25,28). The molecule has 0 saturated carbocycles. The number of amides is 1. The van der Waals surface area contributed by atoms with Crippen molar-refractivity contribution in [1.82, 2.24) is 9.97 Å². The Morgan fingerprint density at radius 3 is 2.83 bits per heavy atom. The van der Waals surface area contributed by atoms with Gasteiger partial charge in [-0.05, 0) is 35.7 Å². The van der Waals surface area contributed by atoms with Gasteiger partial charge >= 0.3 is 0 Å². The van der Waals surface area contributed by atoms with Gasteiger partial charge in [0, 0.05) is 23.2 Å². The molecule has 30 heavy (non-hydrogen) atoms. The molecule has 0 aliphatic carbocycles. The number of aromatic amines is 1. The molecule has 1 amide bonds. The molecule has 1 aliphatic heterocycles. The fraction of sp³-hybridized carbons (Fsp3) is 0.136. The van der Waals surface area contributed by atoms with Crippen LogP contribution in [0.25, 0.3) is 21.3 Å². The van der Waals surface area contributed by atoms with Crippen molar-refractivity contribution >= 4 is 44.9 Å². The molecule has 5 nitrogen and oxygen atoms in total. The van der Waals surface area contributed by atoms with E-state index in [4.69, 9.17) is 0 Å². The summed E-state index contributed by atoms with van der Waals surface area (Å²) in [4.78, 5) is 35.1. The van der Waals surface area contributed by atoms with Gasteiger partial charge in [0.2, 0.25) is 5.91 Å². The molecule has 2 aromatic heterocycles. The van der Waals surface area contributed by atoms with Crippen molar-refractivity contribution in [3.05, 3.63) is 75.6 Å². The number of thiophene rings is 1. The van der Waals surface area contributed by atoms with Gasteiger partial charge in [-0.3, -0.25) is 9.59 Å². The molecule has 150 valence electrons. The van der Waals surface area contributed by atoms with Crippen molar-refractivity contribution in [2.24, 2.45) is 0 Å². The lowest BCUT2D eigenvalue weighted by molar-refractivity contribution is -0.116. The molecule has 3 heterocycles. The van der Waals surface area contributed by atoms with Crippen molar-refractivity contribution in [3.63, 3.8) is 0 Å². The number of carbonyl (C=O) groups excluding carboxylic acids is 1. The first-order chi connectivity index (χ1) is 14.6. The van der Waals surface area contributed by atoms with Gasteiger partial charge in [0.05, 0.1) is 11.1 Å². The first-order valence-electron chi connectivity index (χ1n) is 9.39. The molecule has 0 atom stereocenters. The largest absolute Gasteiger partial charge is 0.311 e. The number of carbonyl (C=O) groups is 1. The molecule has 0 spiro atoms. The van der Waals surface area contributed by atoms with Crippen molar-refractivity contribution in [2.45, 2.75) is 11.6 Å². The molecular formula is C22H16FN3O2S2. The third-order valence-corrected chi connectivity index (χ3v) is 6.83. The maximum atomic E-state index is 13.2. The highest BCUT2D eigenvalue weighted by Gasteiger charge is 2.24. The molecule has 1 N–H and O–H groups in total. The third-order valence-electron chi connectivity index (χ3n) is 5.10. The van der Waals surface area contributed by atoms with Crippen LogP contribution in [0.5, 0.6) is 0 Å². The Morgan fingerprint density at radius 2 is 2.00 bits per heavy atom. The molecule has 0 unspecified atom stereocenters. The van der Waals surface area contributed by atoms with Crippen molar-refractivity contribution in [2.75, 3.05) is 17.2 Å². The summed E-state index contributed by atoms with van der Waals surface area (Å²) in [5, 5.41) is 2.75. The number of benzene rings is 2. The summed E-state index contributed by atoms with van der Waals surface area (Å²) in [6.07, 6.45) is 0.856. The van der Waals surface area contributed by atoms with Gasteiger partial charge in [0.25, 0.3) is 5.56 Å². The first-order valence-corrected chi connectivity index (χ1v) is 11.3. The minimum atomic E-state index is -0.325. The van der Waals surface area contributed by atoms with Gasteiger partial charge in [0.15, 0.2) is 5.16 Å². The first kappa shape index (κ1) is 19.0. The number of para-hydroxylation sites is 1. The van der Waals surface area contributed by atoms with Crippen LogP contribution in [-0.2, 0) is 11.2 Å². The summed E-state index contributed by atoms with van der Waals surface area (Å²) in [6, 6.07) is 13.9. The second-order valence-corrected chi connectivity index (χ2v) is 8.74. The van der Waals surface area contributed by atoms with Crippen molar-refractivity contribution < 1.29 is 9.18 Å². The van der Waals surface area contributed by atoms with Crippen LogP contribution < -0.4 is 10.5 Å². The second-order valence-electron chi connectivity index (χ2n) is 6.92. The second kappa shape index (κ2) is 7.70. The van der Waals surface area contributed by atoms with Gasteiger partial charge in [0.1, 0.15) is 10.6 Å². The topological polar surface area (TPSA) is 66.1 Å². The van der Waals surface area contributed by atoms with E-state index in [1.807, 2.05) is 29.6 Å². The number of fused-ring (bicyclic) bond motifs is 2. The number of hydrogen-bond donors (Lipinski definition) is 1. The number of hydrogen-bond acceptors (Lipinski definition) is 5. The van der Waals surface area contributed by atoms with Crippen molar-refractivity contribution in [3.8, 4) is 11.1 Å². The number of anilines is 1. The molecule has 8 heteroatoms. The van der Waals surface area contributed by atoms with Crippen LogP contribution in [0.3, 0.4) is 0 Å². The number of thioether (sulfide) groups is 1. The highest BCUT2D eigenvalue weighted by Crippen LogP contribution is 2.32. The van der Waals surface area contributed by atoms with Gasteiger partial charge in [-0.2, -0.15) is 0 Å². The van der Waals surface area contributed by atoms with Crippen LogP contribution >= 0.6 is 23.1 Å². The smallest absolute Gasteiger partial charge is 0.260 e. The van der Waals surface area contributed by atoms with Crippen molar-refractivity contribution in [1.29, 1.82) is 0 Å². The summed E-state index contributed by atoms with van der Waals surface area (Å²) >= 11 is 2.58. The third kappa shape index (κ3) is 3.42. The zero-order chi connectivity index (χ0) is 20.7. The predicted molar refractivity (Wildman–Crippen MR) is 119 cm³/mol. The summed E-state index contributed by atoms with van der Waals surface area (Å²) < 4.78 is 13.2. The predicted octanol–water partition coefficient (Wildman–Crippen LogP) is 4.47. The summed E-state index contributed by atoms with van der Waals surface area (Å²) in [6.45, 7) is 0.674. The molecular weight excluding hydrogens is 421 g/mol. The Balaban J connectivity index is 1.37. The monoisotopic (exact) mass is 437 g/mol. The molecule has 5 rings (SSSR count). The van der Waals surface area contributed by atoms with Crippen LogP contribution in [0.15, 0.2) is 63.9 Å². The Bertz CT molecular complexity index is 1310. The molecule has 2 aromatic carbocycles. The Labute approximate surface area is 179 Å². The molecule has 0 saturated heterocycles. The van der Waals surface area contributed by atoms with E-state index in [0.29, 0.717) is 21.9 Å². The number of aromatic nitrogens is 2. The van der Waals surface area contributed by atoms with Crippen LogP contribution in [0.1, 0.15) is 5.56 Å². The normalized spacial score (nSPS) is 13.0. The Kier molecular flexibility index (Phi) is 4.88. The number of rotatable bonds is 4. The lowest BCUT2D eigenvalue weighted by Crippen LogP contribution is -2.30. The number of halogens is 1. The quantitative estimate of drug-likeness (QED) is 0.378. The van der Waals surface area contributed by atoms with E-state index in [1.54, 1.807) is 17.0 Å². The Morgan fingerprint density at radius 1 is 1.20 bits per heavy atom. The average Bonchev–Trinajstić information content (AvgIpc) is 3.37. The van der Waals surface area contributed by atoms with E-state index in [2.05, 4.69) is 9.97 Å². The van der Waals surface area contributed by atoms with E-state index in [1.165, 1.54) is 40.8 Å². The highest BCUT2D eigenvalue weighted by atomic mass is 32.2. The summed E-state index contributed by atoms with van der Waals surface area (Å²) in [7, 11) is 0. The van der Waals surface area contributed by atoms with E-state index in [9.17, 15) is 14.0 Å². The van der Waals surface area contributed by atoms with Crippen LogP contribution in [0.4, 0.5) is 10.1 Å². The lowest BCUT2D eigenvalue weighted by atomic mass is 10.1. The number of H-pyrrole nitrogens is 1. The Hall–Kier alpha value is -2.97. The van der Waals surface area contributed by atoms with Gasteiger partial charge in [-0.15, -0.1) is 11.3 Å². The van der Waals surface area contributed by atoms with Gasteiger partial charge in [-0.25, -0.2) is 9.37 Å². The SMILES string of the molecule is O=C(CSc1nc2scc(-c3ccc(F)cc3)c2c(=O)[nH]1)N1CCc2ccccc21. The van der Waals surface area contributed by atoms with E-state index < -0.39 is 0 Å². The minimum Gasteiger partial charge on any atom is -0.311 e. The summed E-state index contributed by atoms with van der Waals surface area (Å²) in [5.74, 6) is -0.140. The minimum absolute atomic E-state index is 0.00845. The van der Waals surface area contributed by atoms with E-state index >= 15 is 0 Å². The van der Waals surface area contributed by atoms with E-state index in [-0.39, 0.29) is 23.0 Å². The highest BCUT2D eigenvalue weighted by molar-refractivity contribution is 7.99. The fourth-order valence-electron chi connectivity index (χ4n) is 3.64. The van der Waals surface area contributed by atoms with Crippen LogP contribution in [0, 0.1) is 5.82 Å². The summed E-state index contributed by atoms with van der Waals surface area (Å²) in [5.41, 5.74) is 3.36. The molecule has 0 fully saturated rings. The zero-order valence-electron chi connectivity index (χ0n) is 15.7. The molecule has 1 aliphatic rings. The van der Waals surface area contributed by atoms with Gasteiger partial charge in [-0.1, -0.05) is 42.1 Å². The van der Waals surface area contributed by atoms with E-state index in [0.717, 1.165) is 23.2 Å². The fourth-order valence-corrected chi connectivity index (χ4v) is 5.39. The molecule has 0 radical (unpaired) electrons. The van der Waals surface area contributed by atoms with Gasteiger partial charge < -0.3 is 9.88 Å². The number of nitrogens with one attached hydrogen (secondary N) is 1.